The summed E-state index contributed by atoms with van der Waals surface area (Å²) in [6.45, 7) is 0. The van der Waals surface area contributed by atoms with Crippen molar-refractivity contribution in [2.75, 3.05) is 19.0 Å². The molecule has 0 atom stereocenters. The van der Waals surface area contributed by atoms with E-state index in [4.69, 9.17) is 5.84 Å². The molecule has 7 nitrogen and oxygen atoms in total. The quantitative estimate of drug-likeness (QED) is 0.375. The van der Waals surface area contributed by atoms with Crippen molar-refractivity contribution in [3.05, 3.63) is 18.2 Å². The predicted octanol–water partition coefficient (Wildman–Crippen LogP) is 2.03. The van der Waals surface area contributed by atoms with Crippen molar-refractivity contribution in [3.63, 3.8) is 0 Å². The second-order valence-corrected chi connectivity index (χ2v) is 4.70. The highest BCUT2D eigenvalue weighted by Gasteiger charge is 2.06. The van der Waals surface area contributed by atoms with Gasteiger partial charge in [-0.25, -0.2) is 15.6 Å². The zero-order valence-corrected chi connectivity index (χ0v) is 10.7. The SMILES string of the molecule is CN(C)c1nc2ccc(N=NC(=O)NN)cc2s1. The Labute approximate surface area is 107 Å². The van der Waals surface area contributed by atoms with Crippen LogP contribution in [0, 0.1) is 0 Å². The third-order valence-electron chi connectivity index (χ3n) is 2.12. The molecule has 3 N–H and O–H groups in total. The maximum Gasteiger partial charge on any atom is 0.373 e. The lowest BCUT2D eigenvalue weighted by molar-refractivity contribution is 0.248. The summed E-state index contributed by atoms with van der Waals surface area (Å²) in [5, 5.41) is 8.08. The molecule has 1 aromatic carbocycles. The molecule has 18 heavy (non-hydrogen) atoms. The fraction of sp³-hybridized carbons (Fsp3) is 0.200. The van der Waals surface area contributed by atoms with Crippen molar-refractivity contribution < 1.29 is 4.79 Å². The van der Waals surface area contributed by atoms with E-state index >= 15 is 0 Å². The van der Waals surface area contributed by atoms with E-state index in [2.05, 4.69) is 15.2 Å². The molecule has 1 heterocycles. The van der Waals surface area contributed by atoms with Gasteiger partial charge in [0.25, 0.3) is 0 Å². The van der Waals surface area contributed by atoms with Gasteiger partial charge >= 0.3 is 6.03 Å². The molecule has 0 unspecified atom stereocenters. The number of thiazole rings is 1. The Morgan fingerprint density at radius 1 is 1.50 bits per heavy atom. The number of nitrogens with zero attached hydrogens (tertiary/aromatic N) is 4. The number of carbonyl (C=O) groups is 1. The standard InChI is InChI=1S/C10H12N6OS/c1-16(2)10-12-7-4-3-6(5-8(7)18-10)14-15-9(17)13-11/h3-5H,11H2,1-2H3,(H,13,17). The summed E-state index contributed by atoms with van der Waals surface area (Å²) in [5.41, 5.74) is 3.35. The summed E-state index contributed by atoms with van der Waals surface area (Å²) in [6.07, 6.45) is 0. The van der Waals surface area contributed by atoms with Crippen LogP contribution in [0.1, 0.15) is 0 Å². The number of amides is 2. The normalized spacial score (nSPS) is 11.1. The van der Waals surface area contributed by atoms with Crippen LogP contribution in [0.15, 0.2) is 28.4 Å². The number of nitrogens with two attached hydrogens (primary N) is 1. The third-order valence-corrected chi connectivity index (χ3v) is 3.31. The van der Waals surface area contributed by atoms with Crippen LogP contribution in [-0.2, 0) is 0 Å². The summed E-state index contributed by atoms with van der Waals surface area (Å²) < 4.78 is 0.989. The smallest absolute Gasteiger partial charge is 0.354 e. The van der Waals surface area contributed by atoms with Crippen LogP contribution in [0.3, 0.4) is 0 Å². The van der Waals surface area contributed by atoms with Crippen molar-refractivity contribution in [3.8, 4) is 0 Å². The van der Waals surface area contributed by atoms with E-state index in [9.17, 15) is 4.79 Å². The van der Waals surface area contributed by atoms with E-state index < -0.39 is 6.03 Å². The van der Waals surface area contributed by atoms with E-state index in [1.165, 1.54) is 0 Å². The van der Waals surface area contributed by atoms with E-state index in [0.717, 1.165) is 15.3 Å². The van der Waals surface area contributed by atoms with Crippen molar-refractivity contribution >= 4 is 38.4 Å². The topological polar surface area (TPSA) is 96.0 Å². The molecule has 2 amide bonds. The van der Waals surface area contributed by atoms with Gasteiger partial charge in [0.2, 0.25) is 0 Å². The molecule has 0 bridgehead atoms. The number of urea groups is 1. The molecule has 0 aliphatic carbocycles. The van der Waals surface area contributed by atoms with E-state index in [1.54, 1.807) is 17.4 Å². The first-order valence-corrected chi connectivity index (χ1v) is 5.92. The van der Waals surface area contributed by atoms with Gasteiger partial charge in [-0.3, -0.25) is 5.43 Å². The van der Waals surface area contributed by atoms with Crippen LogP contribution in [0.25, 0.3) is 10.2 Å². The molecule has 0 aliphatic heterocycles. The Hall–Kier alpha value is -2.06. The minimum Gasteiger partial charge on any atom is -0.354 e. The average Bonchev–Trinajstić information content (AvgIpc) is 2.79. The van der Waals surface area contributed by atoms with Crippen molar-refractivity contribution in [2.24, 2.45) is 16.1 Å². The molecule has 1 aromatic heterocycles. The van der Waals surface area contributed by atoms with Crippen LogP contribution in [0.5, 0.6) is 0 Å². The van der Waals surface area contributed by atoms with Gasteiger partial charge in [0.05, 0.1) is 15.9 Å². The molecule has 0 radical (unpaired) electrons. The van der Waals surface area contributed by atoms with Crippen molar-refractivity contribution in [1.29, 1.82) is 0 Å². The molecule has 2 rings (SSSR count). The fourth-order valence-corrected chi connectivity index (χ4v) is 2.21. The molecule has 0 saturated heterocycles. The number of rotatable bonds is 2. The summed E-state index contributed by atoms with van der Waals surface area (Å²) >= 11 is 1.55. The van der Waals surface area contributed by atoms with Crippen LogP contribution in [0.4, 0.5) is 15.6 Å². The molecule has 8 heteroatoms. The van der Waals surface area contributed by atoms with Gasteiger partial charge in [-0.1, -0.05) is 16.5 Å². The largest absolute Gasteiger partial charge is 0.373 e. The van der Waals surface area contributed by atoms with Gasteiger partial charge in [-0.15, -0.1) is 5.11 Å². The van der Waals surface area contributed by atoms with Crippen LogP contribution in [-0.4, -0.2) is 25.1 Å². The number of hydrogen-bond acceptors (Lipinski definition) is 6. The summed E-state index contributed by atoms with van der Waals surface area (Å²) in [4.78, 5) is 17.2. The minimum atomic E-state index is -0.687. The Balaban J connectivity index is 2.32. The summed E-state index contributed by atoms with van der Waals surface area (Å²) in [5.74, 6) is 4.90. The number of fused-ring (bicyclic) bond motifs is 1. The number of hydrazine groups is 1. The highest BCUT2D eigenvalue weighted by atomic mass is 32.1. The number of carbonyl (C=O) groups excluding carboxylic acids is 1. The summed E-state index contributed by atoms with van der Waals surface area (Å²) in [7, 11) is 3.87. The number of benzene rings is 1. The number of hydrogen-bond donors (Lipinski definition) is 2. The summed E-state index contributed by atoms with van der Waals surface area (Å²) in [6, 6.07) is 4.73. The van der Waals surface area contributed by atoms with Crippen molar-refractivity contribution in [1.82, 2.24) is 10.4 Å². The second kappa shape index (κ2) is 5.07. The average molecular weight is 264 g/mol. The first-order valence-electron chi connectivity index (χ1n) is 5.10. The van der Waals surface area contributed by atoms with E-state index in [0.29, 0.717) is 5.69 Å². The molecule has 2 aromatic rings. The van der Waals surface area contributed by atoms with Crippen LogP contribution >= 0.6 is 11.3 Å². The lowest BCUT2D eigenvalue weighted by atomic mass is 10.3. The molecular formula is C10H12N6OS. The highest BCUT2D eigenvalue weighted by molar-refractivity contribution is 7.22. The van der Waals surface area contributed by atoms with Gasteiger partial charge in [-0.05, 0) is 18.2 Å². The first kappa shape index (κ1) is 12.4. The monoisotopic (exact) mass is 264 g/mol. The van der Waals surface area contributed by atoms with Gasteiger partial charge < -0.3 is 4.90 Å². The first-order chi connectivity index (χ1) is 8.60. The van der Waals surface area contributed by atoms with Gasteiger partial charge in [0, 0.05) is 14.1 Å². The number of azo groups is 1. The minimum absolute atomic E-state index is 0.583. The fourth-order valence-electron chi connectivity index (χ4n) is 1.29. The lowest BCUT2D eigenvalue weighted by Crippen LogP contribution is -2.26. The predicted molar refractivity (Wildman–Crippen MR) is 71.2 cm³/mol. The third kappa shape index (κ3) is 2.60. The lowest BCUT2D eigenvalue weighted by Gasteiger charge is -2.04. The van der Waals surface area contributed by atoms with Gasteiger partial charge in [0.1, 0.15) is 0 Å². The Morgan fingerprint density at radius 2 is 2.28 bits per heavy atom. The molecule has 0 saturated carbocycles. The molecule has 0 fully saturated rings. The molecule has 0 spiro atoms. The molecule has 94 valence electrons. The van der Waals surface area contributed by atoms with Crippen LogP contribution < -0.4 is 16.2 Å². The zero-order valence-electron chi connectivity index (χ0n) is 9.91. The maximum atomic E-state index is 10.8. The van der Waals surface area contributed by atoms with Crippen LogP contribution in [0.2, 0.25) is 0 Å². The Kier molecular flexibility index (Phi) is 3.49. The molecular weight excluding hydrogens is 252 g/mol. The van der Waals surface area contributed by atoms with Crippen molar-refractivity contribution in [2.45, 2.75) is 0 Å². The number of nitrogens with one attached hydrogen (secondary N) is 1. The van der Waals surface area contributed by atoms with Gasteiger partial charge in [0.15, 0.2) is 5.13 Å². The Morgan fingerprint density at radius 3 is 2.94 bits per heavy atom. The number of anilines is 1. The number of aromatic nitrogens is 1. The highest BCUT2D eigenvalue weighted by Crippen LogP contribution is 2.30. The van der Waals surface area contributed by atoms with Gasteiger partial charge in [-0.2, -0.15) is 0 Å². The van der Waals surface area contributed by atoms with E-state index in [1.807, 2.05) is 36.6 Å². The zero-order chi connectivity index (χ0) is 13.1. The molecule has 0 aliphatic rings. The Bertz CT molecular complexity index is 605. The van der Waals surface area contributed by atoms with E-state index in [-0.39, 0.29) is 0 Å². The maximum absolute atomic E-state index is 10.8. The second-order valence-electron chi connectivity index (χ2n) is 3.69.